The van der Waals surface area contributed by atoms with Crippen molar-refractivity contribution < 1.29 is 22.7 Å². The number of rotatable bonds is 10. The molecule has 27 heavy (non-hydrogen) atoms. The molecule has 0 saturated heterocycles. The van der Waals surface area contributed by atoms with Gasteiger partial charge in [-0.05, 0) is 37.3 Å². The highest BCUT2D eigenvalue weighted by Crippen LogP contribution is 2.17. The Kier molecular flexibility index (Phi) is 7.78. The average molecular weight is 392 g/mol. The van der Waals surface area contributed by atoms with Crippen LogP contribution in [-0.4, -0.2) is 47.8 Å². The topological polar surface area (TPSA) is 93.7 Å². The van der Waals surface area contributed by atoms with E-state index in [1.54, 1.807) is 25.3 Å². The molecule has 0 aliphatic heterocycles. The fourth-order valence-electron chi connectivity index (χ4n) is 2.22. The van der Waals surface area contributed by atoms with Gasteiger partial charge in [0, 0.05) is 24.9 Å². The molecule has 0 aliphatic rings. The van der Waals surface area contributed by atoms with Crippen LogP contribution >= 0.6 is 0 Å². The van der Waals surface area contributed by atoms with Crippen molar-refractivity contribution in [1.82, 2.24) is 5.32 Å². The summed E-state index contributed by atoms with van der Waals surface area (Å²) >= 11 is 0. The number of carbonyl (C=O) groups is 1. The van der Waals surface area contributed by atoms with Crippen molar-refractivity contribution >= 4 is 21.6 Å². The van der Waals surface area contributed by atoms with Gasteiger partial charge in [0.1, 0.15) is 0 Å². The molecule has 0 saturated carbocycles. The molecule has 1 amide bonds. The summed E-state index contributed by atoms with van der Waals surface area (Å²) in [6.07, 6.45) is 0. The smallest absolute Gasteiger partial charge is 0.261 e. The van der Waals surface area contributed by atoms with E-state index in [-0.39, 0.29) is 16.4 Å². The van der Waals surface area contributed by atoms with Gasteiger partial charge in [-0.2, -0.15) is 0 Å². The molecule has 2 aromatic carbocycles. The maximum Gasteiger partial charge on any atom is 0.261 e. The number of aryl methyl sites for hydroxylation is 1. The molecule has 7 nitrogen and oxygen atoms in total. The molecule has 8 heteroatoms. The van der Waals surface area contributed by atoms with Crippen LogP contribution in [0.5, 0.6) is 0 Å². The van der Waals surface area contributed by atoms with Crippen LogP contribution in [0.15, 0.2) is 53.4 Å². The minimum Gasteiger partial charge on any atom is -0.382 e. The number of sulfonamides is 1. The highest BCUT2D eigenvalue weighted by molar-refractivity contribution is 7.92. The largest absolute Gasteiger partial charge is 0.382 e. The Labute approximate surface area is 159 Å². The molecule has 0 atom stereocenters. The molecule has 0 fully saturated rings. The van der Waals surface area contributed by atoms with Crippen molar-refractivity contribution in [1.29, 1.82) is 0 Å². The highest BCUT2D eigenvalue weighted by atomic mass is 32.2. The third kappa shape index (κ3) is 6.67. The van der Waals surface area contributed by atoms with Crippen LogP contribution < -0.4 is 10.0 Å². The lowest BCUT2D eigenvalue weighted by molar-refractivity contribution is 0.0692. The first-order chi connectivity index (χ1) is 12.9. The number of hydrogen-bond donors (Lipinski definition) is 2. The number of carbonyl (C=O) groups excluding carboxylic acids is 1. The van der Waals surface area contributed by atoms with Crippen molar-refractivity contribution in [2.75, 3.05) is 38.2 Å². The zero-order chi connectivity index (χ0) is 19.7. The second-order valence-corrected chi connectivity index (χ2v) is 7.54. The minimum absolute atomic E-state index is 0.0204. The van der Waals surface area contributed by atoms with Gasteiger partial charge in [-0.25, -0.2) is 8.42 Å². The van der Waals surface area contributed by atoms with E-state index < -0.39 is 10.0 Å². The molecule has 2 N–H and O–H groups in total. The van der Waals surface area contributed by atoms with Gasteiger partial charge in [-0.15, -0.1) is 0 Å². The Morgan fingerprint density at radius 1 is 1.04 bits per heavy atom. The van der Waals surface area contributed by atoms with Gasteiger partial charge in [0.2, 0.25) is 0 Å². The number of methoxy groups -OCH3 is 1. The Balaban J connectivity index is 1.98. The van der Waals surface area contributed by atoms with Crippen LogP contribution in [0.2, 0.25) is 0 Å². The fraction of sp³-hybridized carbons (Fsp3) is 0.316. The summed E-state index contributed by atoms with van der Waals surface area (Å²) in [4.78, 5) is 12.2. The molecular weight excluding hydrogens is 368 g/mol. The number of nitrogens with one attached hydrogen (secondary N) is 2. The van der Waals surface area contributed by atoms with E-state index >= 15 is 0 Å². The summed E-state index contributed by atoms with van der Waals surface area (Å²) in [5.41, 5.74) is 1.75. The number of hydrogen-bond acceptors (Lipinski definition) is 5. The van der Waals surface area contributed by atoms with Gasteiger partial charge in [-0.1, -0.05) is 23.8 Å². The molecule has 146 valence electrons. The zero-order valence-corrected chi connectivity index (χ0v) is 16.2. The van der Waals surface area contributed by atoms with Gasteiger partial charge >= 0.3 is 0 Å². The average Bonchev–Trinajstić information content (AvgIpc) is 2.66. The second-order valence-electron chi connectivity index (χ2n) is 5.86. The van der Waals surface area contributed by atoms with Crippen LogP contribution in [0.1, 0.15) is 15.9 Å². The van der Waals surface area contributed by atoms with Gasteiger partial charge in [0.15, 0.2) is 0 Å². The summed E-state index contributed by atoms with van der Waals surface area (Å²) < 4.78 is 37.7. The molecule has 0 spiro atoms. The number of anilines is 1. The van der Waals surface area contributed by atoms with Crippen molar-refractivity contribution in [3.05, 3.63) is 59.7 Å². The number of ether oxygens (including phenoxy) is 2. The maximum absolute atomic E-state index is 12.5. The van der Waals surface area contributed by atoms with Crippen LogP contribution in [0.3, 0.4) is 0 Å². The fourth-order valence-corrected chi connectivity index (χ4v) is 3.33. The molecule has 0 bridgehead atoms. The third-order valence-electron chi connectivity index (χ3n) is 3.67. The molecule has 2 rings (SSSR count). The first-order valence-electron chi connectivity index (χ1n) is 8.47. The molecule has 2 aromatic rings. The summed E-state index contributed by atoms with van der Waals surface area (Å²) in [5.74, 6) is -0.363. The standard InChI is InChI=1S/C19H24N2O5S/c1-15-6-8-17(9-7-15)21-27(23,24)18-5-3-4-16(14-18)19(22)20-10-11-26-13-12-25-2/h3-9,14,21H,10-13H2,1-2H3,(H,20,22). The summed E-state index contributed by atoms with van der Waals surface area (Å²) in [6.45, 7) is 3.53. The summed E-state index contributed by atoms with van der Waals surface area (Å²) in [7, 11) is -2.20. The second kappa shape index (κ2) is 10.1. The lowest BCUT2D eigenvalue weighted by Gasteiger charge is -2.10. The normalized spacial score (nSPS) is 11.2. The van der Waals surface area contributed by atoms with E-state index in [9.17, 15) is 13.2 Å². The third-order valence-corrected chi connectivity index (χ3v) is 5.05. The number of benzene rings is 2. The molecule has 0 unspecified atom stereocenters. The zero-order valence-electron chi connectivity index (χ0n) is 15.4. The Hall–Kier alpha value is -2.42. The number of amides is 1. The van der Waals surface area contributed by atoms with E-state index in [0.29, 0.717) is 32.1 Å². The molecule has 0 aromatic heterocycles. The predicted molar refractivity (Wildman–Crippen MR) is 103 cm³/mol. The first kappa shape index (κ1) is 20.9. The first-order valence-corrected chi connectivity index (χ1v) is 9.95. The monoisotopic (exact) mass is 392 g/mol. The van der Waals surface area contributed by atoms with Crippen molar-refractivity contribution in [2.45, 2.75) is 11.8 Å². The van der Waals surface area contributed by atoms with E-state index in [4.69, 9.17) is 9.47 Å². The van der Waals surface area contributed by atoms with Crippen molar-refractivity contribution in [3.63, 3.8) is 0 Å². The Morgan fingerprint density at radius 2 is 1.78 bits per heavy atom. The van der Waals surface area contributed by atoms with Crippen molar-refractivity contribution in [3.8, 4) is 0 Å². The van der Waals surface area contributed by atoms with E-state index in [1.807, 2.05) is 19.1 Å². The Bertz CT molecular complexity index is 851. The van der Waals surface area contributed by atoms with E-state index in [0.717, 1.165) is 5.56 Å². The molecular formula is C19H24N2O5S. The highest BCUT2D eigenvalue weighted by Gasteiger charge is 2.16. The van der Waals surface area contributed by atoms with Gasteiger partial charge in [0.05, 0.1) is 24.7 Å². The van der Waals surface area contributed by atoms with Gasteiger partial charge in [-0.3, -0.25) is 9.52 Å². The van der Waals surface area contributed by atoms with Crippen LogP contribution in [0.25, 0.3) is 0 Å². The van der Waals surface area contributed by atoms with Gasteiger partial charge < -0.3 is 14.8 Å². The summed E-state index contributed by atoms with van der Waals surface area (Å²) in [6, 6.07) is 12.9. The van der Waals surface area contributed by atoms with Crippen LogP contribution in [0, 0.1) is 6.92 Å². The molecule has 0 aliphatic carbocycles. The van der Waals surface area contributed by atoms with E-state index in [2.05, 4.69) is 10.0 Å². The minimum atomic E-state index is -3.79. The SMILES string of the molecule is COCCOCCNC(=O)c1cccc(S(=O)(=O)Nc2ccc(C)cc2)c1. The lowest BCUT2D eigenvalue weighted by atomic mass is 10.2. The van der Waals surface area contributed by atoms with Gasteiger partial charge in [0.25, 0.3) is 15.9 Å². The lowest BCUT2D eigenvalue weighted by Crippen LogP contribution is -2.27. The quantitative estimate of drug-likeness (QED) is 0.605. The maximum atomic E-state index is 12.5. The van der Waals surface area contributed by atoms with Crippen molar-refractivity contribution in [2.24, 2.45) is 0 Å². The van der Waals surface area contributed by atoms with Crippen LogP contribution in [-0.2, 0) is 19.5 Å². The Morgan fingerprint density at radius 3 is 2.48 bits per heavy atom. The molecule has 0 radical (unpaired) electrons. The molecule has 0 heterocycles. The van der Waals surface area contributed by atoms with E-state index in [1.165, 1.54) is 18.2 Å². The summed E-state index contributed by atoms with van der Waals surface area (Å²) in [5, 5.41) is 2.69. The van der Waals surface area contributed by atoms with Crippen LogP contribution in [0.4, 0.5) is 5.69 Å². The predicted octanol–water partition coefficient (Wildman–Crippen LogP) is 2.19.